The monoisotopic (exact) mass is 213 g/mol. The van der Waals surface area contributed by atoms with E-state index in [9.17, 15) is 12.8 Å². The second kappa shape index (κ2) is 4.22. The van der Waals surface area contributed by atoms with E-state index >= 15 is 0 Å². The maximum Gasteiger partial charge on any atom is 0.241 e. The fraction of sp³-hybridized carbons (Fsp3) is 0.111. The second-order valence-electron chi connectivity index (χ2n) is 2.48. The van der Waals surface area contributed by atoms with Gasteiger partial charge < -0.3 is 0 Å². The average Bonchev–Trinajstić information content (AvgIpc) is 2.16. The Balaban J connectivity index is 2.94. The largest absolute Gasteiger partial charge is 0.241 e. The van der Waals surface area contributed by atoms with Crippen LogP contribution in [0.5, 0.6) is 0 Å². The van der Waals surface area contributed by atoms with Gasteiger partial charge in [-0.15, -0.1) is 6.42 Å². The predicted octanol–water partition coefficient (Wildman–Crippen LogP) is 0.737. The third kappa shape index (κ3) is 2.55. The van der Waals surface area contributed by atoms with E-state index < -0.39 is 15.8 Å². The van der Waals surface area contributed by atoms with E-state index in [1.54, 1.807) is 0 Å². The van der Waals surface area contributed by atoms with Gasteiger partial charge in [0.25, 0.3) is 0 Å². The molecule has 3 nitrogen and oxygen atoms in total. The van der Waals surface area contributed by atoms with Crippen molar-refractivity contribution in [3.05, 3.63) is 30.1 Å². The molecular weight excluding hydrogens is 205 g/mol. The van der Waals surface area contributed by atoms with E-state index in [4.69, 9.17) is 6.42 Å². The molecule has 5 heteroatoms. The van der Waals surface area contributed by atoms with Crippen LogP contribution in [0.3, 0.4) is 0 Å². The van der Waals surface area contributed by atoms with Crippen LogP contribution in [0.2, 0.25) is 0 Å². The van der Waals surface area contributed by atoms with Crippen LogP contribution >= 0.6 is 0 Å². The minimum atomic E-state index is -3.60. The molecule has 0 aliphatic rings. The molecule has 0 saturated heterocycles. The standard InChI is InChI=1S/C9H8FNO2S/c1-2-7-11-14(12,13)9-5-3-8(10)4-6-9/h1,3-6,11H,7H2. The highest BCUT2D eigenvalue weighted by Gasteiger charge is 2.11. The molecule has 1 aromatic rings. The quantitative estimate of drug-likeness (QED) is 0.753. The molecule has 0 atom stereocenters. The Labute approximate surface area is 82.0 Å². The van der Waals surface area contributed by atoms with Crippen LogP contribution in [-0.2, 0) is 10.0 Å². The Kier molecular flexibility index (Phi) is 3.23. The summed E-state index contributed by atoms with van der Waals surface area (Å²) in [5, 5.41) is 0. The first kappa shape index (κ1) is 10.7. The molecule has 0 heterocycles. The first-order valence-corrected chi connectivity index (χ1v) is 5.23. The van der Waals surface area contributed by atoms with Gasteiger partial charge in [0.15, 0.2) is 0 Å². The Hall–Kier alpha value is -1.38. The zero-order valence-corrected chi connectivity index (χ0v) is 8.01. The maximum atomic E-state index is 12.5. The number of sulfonamides is 1. The first-order chi connectivity index (χ1) is 6.56. The third-order valence-corrected chi connectivity index (χ3v) is 2.91. The number of rotatable bonds is 3. The molecule has 0 bridgehead atoms. The Morgan fingerprint density at radius 2 is 1.93 bits per heavy atom. The average molecular weight is 213 g/mol. The van der Waals surface area contributed by atoms with Crippen LogP contribution < -0.4 is 4.72 Å². The van der Waals surface area contributed by atoms with E-state index in [1.807, 2.05) is 0 Å². The fourth-order valence-electron chi connectivity index (χ4n) is 0.834. The highest BCUT2D eigenvalue weighted by molar-refractivity contribution is 7.89. The normalized spacial score (nSPS) is 10.9. The van der Waals surface area contributed by atoms with Gasteiger partial charge in [0.2, 0.25) is 10.0 Å². The van der Waals surface area contributed by atoms with Crippen LogP contribution in [-0.4, -0.2) is 15.0 Å². The topological polar surface area (TPSA) is 46.2 Å². The number of terminal acetylenes is 1. The summed E-state index contributed by atoms with van der Waals surface area (Å²) >= 11 is 0. The molecule has 0 saturated carbocycles. The van der Waals surface area contributed by atoms with Crippen molar-refractivity contribution in [2.24, 2.45) is 0 Å². The van der Waals surface area contributed by atoms with Gasteiger partial charge in [-0.05, 0) is 24.3 Å². The molecule has 14 heavy (non-hydrogen) atoms. The lowest BCUT2D eigenvalue weighted by molar-refractivity contribution is 0.585. The predicted molar refractivity (Wildman–Crippen MR) is 50.4 cm³/mol. The van der Waals surface area contributed by atoms with Gasteiger partial charge in [0, 0.05) is 0 Å². The van der Waals surface area contributed by atoms with Gasteiger partial charge in [-0.25, -0.2) is 12.8 Å². The molecule has 1 N–H and O–H groups in total. The van der Waals surface area contributed by atoms with Crippen LogP contribution in [0.15, 0.2) is 29.2 Å². The van der Waals surface area contributed by atoms with Crippen LogP contribution in [0, 0.1) is 18.2 Å². The lowest BCUT2D eigenvalue weighted by Crippen LogP contribution is -2.23. The summed E-state index contributed by atoms with van der Waals surface area (Å²) in [5.41, 5.74) is 0. The van der Waals surface area contributed by atoms with Crippen molar-refractivity contribution in [1.82, 2.24) is 4.72 Å². The van der Waals surface area contributed by atoms with Crippen molar-refractivity contribution in [1.29, 1.82) is 0 Å². The Morgan fingerprint density at radius 3 is 2.43 bits per heavy atom. The molecule has 0 amide bonds. The number of nitrogens with one attached hydrogen (secondary N) is 1. The van der Waals surface area contributed by atoms with Gasteiger partial charge in [-0.1, -0.05) is 5.92 Å². The maximum absolute atomic E-state index is 12.5. The SMILES string of the molecule is C#CCNS(=O)(=O)c1ccc(F)cc1. The van der Waals surface area contributed by atoms with Gasteiger partial charge in [0.1, 0.15) is 5.82 Å². The second-order valence-corrected chi connectivity index (χ2v) is 4.25. The van der Waals surface area contributed by atoms with E-state index in [2.05, 4.69) is 10.6 Å². The summed E-state index contributed by atoms with van der Waals surface area (Å²) < 4.78 is 37.4. The van der Waals surface area contributed by atoms with Crippen molar-refractivity contribution in [2.45, 2.75) is 4.90 Å². The van der Waals surface area contributed by atoms with Gasteiger partial charge in [-0.3, -0.25) is 0 Å². The minimum absolute atomic E-state index is 0.00542. The molecule has 1 aromatic carbocycles. The number of benzene rings is 1. The summed E-state index contributed by atoms with van der Waals surface area (Å²) in [6, 6.07) is 4.50. The molecule has 0 aliphatic heterocycles. The molecule has 74 valence electrons. The summed E-state index contributed by atoms with van der Waals surface area (Å²) in [4.78, 5) is -0.00542. The smallest absolute Gasteiger partial charge is 0.207 e. The van der Waals surface area contributed by atoms with Gasteiger partial charge in [-0.2, -0.15) is 4.72 Å². The molecule has 0 fully saturated rings. The van der Waals surface area contributed by atoms with Crippen LogP contribution in [0.1, 0.15) is 0 Å². The van der Waals surface area contributed by atoms with Crippen molar-refractivity contribution >= 4 is 10.0 Å². The summed E-state index contributed by atoms with van der Waals surface area (Å²) in [5.74, 6) is 1.66. The van der Waals surface area contributed by atoms with E-state index in [0.29, 0.717) is 0 Å². The molecule has 0 aliphatic carbocycles. The fourth-order valence-corrected chi connectivity index (χ4v) is 1.77. The summed E-state index contributed by atoms with van der Waals surface area (Å²) in [6.07, 6.45) is 4.90. The van der Waals surface area contributed by atoms with Crippen LogP contribution in [0.25, 0.3) is 0 Å². The zero-order chi connectivity index (χ0) is 10.6. The molecule has 0 unspecified atom stereocenters. The van der Waals surface area contributed by atoms with Gasteiger partial charge in [0.05, 0.1) is 11.4 Å². The van der Waals surface area contributed by atoms with Crippen LogP contribution in [0.4, 0.5) is 4.39 Å². The Bertz CT molecular complexity index is 445. The molecule has 0 radical (unpaired) electrons. The molecule has 0 aromatic heterocycles. The number of hydrogen-bond donors (Lipinski definition) is 1. The first-order valence-electron chi connectivity index (χ1n) is 3.75. The van der Waals surface area contributed by atoms with Crippen molar-refractivity contribution in [2.75, 3.05) is 6.54 Å². The summed E-state index contributed by atoms with van der Waals surface area (Å²) in [6.45, 7) is -0.0836. The van der Waals surface area contributed by atoms with Crippen molar-refractivity contribution in [3.8, 4) is 12.3 Å². The van der Waals surface area contributed by atoms with E-state index in [0.717, 1.165) is 12.1 Å². The lowest BCUT2D eigenvalue weighted by Gasteiger charge is -2.02. The highest BCUT2D eigenvalue weighted by Crippen LogP contribution is 2.08. The molecule has 0 spiro atoms. The molecule has 1 rings (SSSR count). The number of hydrogen-bond acceptors (Lipinski definition) is 2. The summed E-state index contributed by atoms with van der Waals surface area (Å²) in [7, 11) is -3.60. The lowest BCUT2D eigenvalue weighted by atomic mass is 10.4. The molecular formula is C9H8FNO2S. The number of halogens is 1. The van der Waals surface area contributed by atoms with Gasteiger partial charge >= 0.3 is 0 Å². The zero-order valence-electron chi connectivity index (χ0n) is 7.20. The Morgan fingerprint density at radius 1 is 1.36 bits per heavy atom. The third-order valence-electron chi connectivity index (χ3n) is 1.49. The van der Waals surface area contributed by atoms with E-state index in [1.165, 1.54) is 12.1 Å². The van der Waals surface area contributed by atoms with E-state index in [-0.39, 0.29) is 11.4 Å². The highest BCUT2D eigenvalue weighted by atomic mass is 32.2. The van der Waals surface area contributed by atoms with Crippen molar-refractivity contribution < 1.29 is 12.8 Å². The minimum Gasteiger partial charge on any atom is -0.207 e. The van der Waals surface area contributed by atoms with Crippen molar-refractivity contribution in [3.63, 3.8) is 0 Å².